The van der Waals surface area contributed by atoms with E-state index >= 15 is 0 Å². The number of hydrogen-bond donors (Lipinski definition) is 1. The highest BCUT2D eigenvalue weighted by atomic mass is 32.2. The van der Waals surface area contributed by atoms with Gasteiger partial charge < -0.3 is 5.73 Å². The van der Waals surface area contributed by atoms with E-state index in [4.69, 9.17) is 5.73 Å². The van der Waals surface area contributed by atoms with Gasteiger partial charge in [-0.25, -0.2) is 8.51 Å². The lowest BCUT2D eigenvalue weighted by Crippen LogP contribution is -2.28. The van der Waals surface area contributed by atoms with Gasteiger partial charge >= 0.3 is 0 Å². The first-order valence-corrected chi connectivity index (χ1v) is 4.90. The van der Waals surface area contributed by atoms with E-state index in [1.807, 2.05) is 11.2 Å². The summed E-state index contributed by atoms with van der Waals surface area (Å²) in [5.74, 6) is 0.715. The van der Waals surface area contributed by atoms with Crippen molar-refractivity contribution in [1.29, 1.82) is 0 Å². The molecular formula is C6H14N2OS. The van der Waals surface area contributed by atoms with E-state index in [1.54, 1.807) is 0 Å². The van der Waals surface area contributed by atoms with E-state index < -0.39 is 11.0 Å². The highest BCUT2D eigenvalue weighted by molar-refractivity contribution is 7.82. The molecule has 0 bridgehead atoms. The Bertz CT molecular complexity index is 140. The molecule has 0 radical (unpaired) electrons. The van der Waals surface area contributed by atoms with Gasteiger partial charge in [-0.15, -0.1) is 0 Å². The van der Waals surface area contributed by atoms with Crippen LogP contribution in [0, 0.1) is 0 Å². The lowest BCUT2D eigenvalue weighted by molar-refractivity contribution is 0.528. The summed E-state index contributed by atoms with van der Waals surface area (Å²) in [6.45, 7) is 3.64. The fourth-order valence-electron chi connectivity index (χ4n) is 1.12. The zero-order valence-corrected chi connectivity index (χ0v) is 7.06. The number of nitrogens with two attached hydrogens (primary N) is 1. The topological polar surface area (TPSA) is 46.3 Å². The molecule has 0 aromatic heterocycles. The van der Waals surface area contributed by atoms with Gasteiger partial charge in [-0.05, 0) is 6.42 Å². The van der Waals surface area contributed by atoms with Gasteiger partial charge in [0, 0.05) is 24.9 Å². The van der Waals surface area contributed by atoms with Gasteiger partial charge in [-0.3, -0.25) is 0 Å². The van der Waals surface area contributed by atoms with Crippen LogP contribution in [0.15, 0.2) is 0 Å². The van der Waals surface area contributed by atoms with Crippen LogP contribution in [0.4, 0.5) is 0 Å². The average Bonchev–Trinajstić information content (AvgIpc) is 2.34. The molecule has 4 heteroatoms. The van der Waals surface area contributed by atoms with Crippen molar-refractivity contribution in [2.24, 2.45) is 5.73 Å². The fourth-order valence-corrected chi connectivity index (χ4v) is 2.15. The Morgan fingerprint density at radius 2 is 2.50 bits per heavy atom. The summed E-state index contributed by atoms with van der Waals surface area (Å²) in [5.41, 5.74) is 5.64. The lowest BCUT2D eigenvalue weighted by atomic mass is 10.3. The normalized spacial score (nSPS) is 30.8. The van der Waals surface area contributed by atoms with Crippen LogP contribution in [0.3, 0.4) is 0 Å². The molecule has 0 aromatic carbocycles. The highest BCUT2D eigenvalue weighted by Crippen LogP contribution is 2.08. The van der Waals surface area contributed by atoms with Crippen molar-refractivity contribution in [3.8, 4) is 0 Å². The molecular weight excluding hydrogens is 148 g/mol. The van der Waals surface area contributed by atoms with E-state index in [-0.39, 0.29) is 6.04 Å². The molecule has 3 nitrogen and oxygen atoms in total. The summed E-state index contributed by atoms with van der Waals surface area (Å²) in [6.07, 6.45) is 0.992. The van der Waals surface area contributed by atoms with E-state index in [0.29, 0.717) is 5.75 Å². The first-order valence-electron chi connectivity index (χ1n) is 3.63. The SMILES string of the molecule is CCS(=O)N1CC[C@@H](N)C1. The minimum Gasteiger partial charge on any atom is -0.326 e. The Morgan fingerprint density at radius 1 is 1.80 bits per heavy atom. The summed E-state index contributed by atoms with van der Waals surface area (Å²) in [4.78, 5) is 0. The van der Waals surface area contributed by atoms with Crippen molar-refractivity contribution in [3.05, 3.63) is 0 Å². The number of nitrogens with zero attached hydrogens (tertiary/aromatic N) is 1. The van der Waals surface area contributed by atoms with Crippen LogP contribution in [-0.4, -0.2) is 33.4 Å². The molecule has 0 aliphatic carbocycles. The smallest absolute Gasteiger partial charge is 0.0940 e. The zero-order valence-electron chi connectivity index (χ0n) is 6.25. The Labute approximate surface area is 64.2 Å². The molecule has 0 amide bonds. The third-order valence-corrected chi connectivity index (χ3v) is 3.12. The summed E-state index contributed by atoms with van der Waals surface area (Å²) in [5, 5.41) is 0. The second kappa shape index (κ2) is 3.46. The highest BCUT2D eigenvalue weighted by Gasteiger charge is 2.22. The van der Waals surface area contributed by atoms with E-state index in [0.717, 1.165) is 19.5 Å². The fraction of sp³-hybridized carbons (Fsp3) is 1.00. The molecule has 60 valence electrons. The van der Waals surface area contributed by atoms with Crippen molar-refractivity contribution in [1.82, 2.24) is 4.31 Å². The van der Waals surface area contributed by atoms with Crippen LogP contribution in [0.25, 0.3) is 0 Å². The molecule has 2 N–H and O–H groups in total. The van der Waals surface area contributed by atoms with Gasteiger partial charge in [0.2, 0.25) is 0 Å². The summed E-state index contributed by atoms with van der Waals surface area (Å²) in [6, 6.07) is 0.246. The maximum atomic E-state index is 11.1. The van der Waals surface area contributed by atoms with Crippen molar-refractivity contribution < 1.29 is 4.21 Å². The van der Waals surface area contributed by atoms with Crippen LogP contribution in [0.1, 0.15) is 13.3 Å². The Morgan fingerprint density at radius 3 is 2.90 bits per heavy atom. The Kier molecular flexibility index (Phi) is 2.82. The average molecular weight is 162 g/mol. The second-order valence-corrected chi connectivity index (χ2v) is 4.28. The second-order valence-electron chi connectivity index (χ2n) is 2.55. The molecule has 2 atom stereocenters. The maximum absolute atomic E-state index is 11.1. The number of hydrogen-bond acceptors (Lipinski definition) is 2. The summed E-state index contributed by atoms with van der Waals surface area (Å²) in [7, 11) is -0.770. The summed E-state index contributed by atoms with van der Waals surface area (Å²) >= 11 is 0. The summed E-state index contributed by atoms with van der Waals surface area (Å²) < 4.78 is 13.1. The standard InChI is InChI=1S/C6H14N2OS/c1-2-10(9)8-4-3-6(7)5-8/h6H,2-5,7H2,1H3/t6-,10?/m1/s1. The third-order valence-electron chi connectivity index (χ3n) is 1.72. The van der Waals surface area contributed by atoms with E-state index in [9.17, 15) is 4.21 Å². The Hall–Kier alpha value is 0.0700. The first-order chi connectivity index (χ1) is 4.74. The van der Waals surface area contributed by atoms with Gasteiger partial charge in [0.05, 0.1) is 11.0 Å². The van der Waals surface area contributed by atoms with Gasteiger partial charge in [-0.1, -0.05) is 6.92 Å². The van der Waals surface area contributed by atoms with Crippen molar-refractivity contribution in [3.63, 3.8) is 0 Å². The van der Waals surface area contributed by atoms with Gasteiger partial charge in [0.25, 0.3) is 0 Å². The largest absolute Gasteiger partial charge is 0.326 e. The van der Waals surface area contributed by atoms with Crippen LogP contribution in [0.2, 0.25) is 0 Å². The van der Waals surface area contributed by atoms with Crippen molar-refractivity contribution >= 4 is 11.0 Å². The van der Waals surface area contributed by atoms with Gasteiger partial charge in [0.15, 0.2) is 0 Å². The number of rotatable bonds is 2. The molecule has 1 aliphatic heterocycles. The van der Waals surface area contributed by atoms with E-state index in [2.05, 4.69) is 0 Å². The molecule has 1 fully saturated rings. The van der Waals surface area contributed by atoms with Crippen LogP contribution in [0.5, 0.6) is 0 Å². The minimum atomic E-state index is -0.770. The van der Waals surface area contributed by atoms with Gasteiger partial charge in [0.1, 0.15) is 0 Å². The van der Waals surface area contributed by atoms with Crippen LogP contribution in [-0.2, 0) is 11.0 Å². The Balaban J connectivity index is 2.37. The molecule has 10 heavy (non-hydrogen) atoms. The molecule has 1 rings (SSSR count). The molecule has 1 saturated heterocycles. The third kappa shape index (κ3) is 1.78. The quantitative estimate of drug-likeness (QED) is 0.606. The molecule has 1 unspecified atom stereocenters. The van der Waals surface area contributed by atoms with Crippen molar-refractivity contribution in [2.75, 3.05) is 18.8 Å². The zero-order chi connectivity index (χ0) is 7.56. The molecule has 0 saturated carbocycles. The monoisotopic (exact) mass is 162 g/mol. The predicted octanol–water partition coefficient (Wildman–Crippen LogP) is -0.297. The molecule has 0 spiro atoms. The molecule has 1 aliphatic rings. The predicted molar refractivity (Wildman–Crippen MR) is 42.8 cm³/mol. The minimum absolute atomic E-state index is 0.246. The first kappa shape index (κ1) is 8.17. The van der Waals surface area contributed by atoms with Gasteiger partial charge in [-0.2, -0.15) is 0 Å². The molecule has 1 heterocycles. The lowest BCUT2D eigenvalue weighted by Gasteiger charge is -2.11. The maximum Gasteiger partial charge on any atom is 0.0940 e. The van der Waals surface area contributed by atoms with Crippen LogP contribution < -0.4 is 5.73 Å². The molecule has 0 aromatic rings. The van der Waals surface area contributed by atoms with E-state index in [1.165, 1.54) is 0 Å². The van der Waals surface area contributed by atoms with Crippen molar-refractivity contribution in [2.45, 2.75) is 19.4 Å². The van der Waals surface area contributed by atoms with Crippen LogP contribution >= 0.6 is 0 Å².